The van der Waals surface area contributed by atoms with Crippen LogP contribution in [-0.2, 0) is 9.59 Å². The van der Waals surface area contributed by atoms with Gasteiger partial charge in [0.1, 0.15) is 0 Å². The Balaban J connectivity index is 1.90. The Kier molecular flexibility index (Phi) is 3.14. The highest BCUT2D eigenvalue weighted by Gasteiger charge is 2.40. The van der Waals surface area contributed by atoms with Crippen molar-refractivity contribution in [2.45, 2.75) is 44.2 Å². The van der Waals surface area contributed by atoms with Crippen LogP contribution in [0, 0.1) is 5.92 Å². The quantitative estimate of drug-likeness (QED) is 0.719. The number of likely N-dealkylation sites (tertiary alicyclic amines) is 1. The van der Waals surface area contributed by atoms with Gasteiger partial charge in [-0.1, -0.05) is 0 Å². The number of amides is 1. The van der Waals surface area contributed by atoms with Crippen molar-refractivity contribution in [3.05, 3.63) is 0 Å². The summed E-state index contributed by atoms with van der Waals surface area (Å²) in [7, 11) is 0. The second-order valence-corrected chi connectivity index (χ2v) is 4.93. The molecular weight excluding hydrogens is 208 g/mol. The molecule has 3 atom stereocenters. The van der Waals surface area contributed by atoms with Gasteiger partial charge in [-0.2, -0.15) is 0 Å². The first-order chi connectivity index (χ1) is 7.56. The summed E-state index contributed by atoms with van der Waals surface area (Å²) in [5.74, 6) is -0.404. The highest BCUT2D eigenvalue weighted by Crippen LogP contribution is 2.35. The fraction of sp³-hybridized carbons (Fsp3) is 0.818. The molecule has 1 amide bonds. The molecule has 2 aliphatic rings. The molecule has 0 aromatic heterocycles. The molecule has 5 heteroatoms. The normalized spacial score (nSPS) is 32.8. The fourth-order valence-electron chi connectivity index (χ4n) is 2.94. The van der Waals surface area contributed by atoms with Crippen molar-refractivity contribution >= 4 is 11.9 Å². The summed E-state index contributed by atoms with van der Waals surface area (Å²) in [6, 6.07) is 0.469. The number of carboxylic acids is 1. The lowest BCUT2D eigenvalue weighted by molar-refractivity contribution is -0.141. The molecule has 2 rings (SSSR count). The smallest absolute Gasteiger partial charge is 0.303 e. The molecule has 1 aliphatic heterocycles. The van der Waals surface area contributed by atoms with E-state index in [0.717, 1.165) is 25.8 Å². The molecule has 16 heavy (non-hydrogen) atoms. The van der Waals surface area contributed by atoms with Gasteiger partial charge in [-0.3, -0.25) is 9.59 Å². The lowest BCUT2D eigenvalue weighted by atomic mass is 9.87. The van der Waals surface area contributed by atoms with E-state index in [1.165, 1.54) is 0 Å². The van der Waals surface area contributed by atoms with Gasteiger partial charge in [-0.05, 0) is 25.2 Å². The van der Waals surface area contributed by atoms with E-state index in [-0.39, 0.29) is 30.8 Å². The standard InChI is InChI=1S/C11H18N2O3/c12-8-3-7-4-9(5-8)13(6-7)10(14)1-2-11(15)16/h7-9H,1-6,12H2,(H,15,16). The maximum Gasteiger partial charge on any atom is 0.303 e. The maximum absolute atomic E-state index is 11.8. The second kappa shape index (κ2) is 4.41. The third-order valence-corrected chi connectivity index (χ3v) is 3.59. The van der Waals surface area contributed by atoms with Crippen LogP contribution < -0.4 is 5.73 Å². The molecule has 0 aromatic carbocycles. The van der Waals surface area contributed by atoms with Crippen LogP contribution in [0.15, 0.2) is 0 Å². The SMILES string of the molecule is NC1CC2CC(C1)N(C(=O)CCC(=O)O)C2. The Morgan fingerprint density at radius 1 is 1.25 bits per heavy atom. The number of aliphatic carboxylic acids is 1. The van der Waals surface area contributed by atoms with Gasteiger partial charge in [0.25, 0.3) is 0 Å². The van der Waals surface area contributed by atoms with E-state index < -0.39 is 5.97 Å². The van der Waals surface area contributed by atoms with Crippen molar-refractivity contribution in [1.29, 1.82) is 0 Å². The highest BCUT2D eigenvalue weighted by molar-refractivity contribution is 5.81. The van der Waals surface area contributed by atoms with Crippen molar-refractivity contribution in [1.82, 2.24) is 4.90 Å². The van der Waals surface area contributed by atoms with E-state index >= 15 is 0 Å². The summed E-state index contributed by atoms with van der Waals surface area (Å²) in [6.07, 6.45) is 2.97. The summed E-state index contributed by atoms with van der Waals surface area (Å²) < 4.78 is 0. The number of hydrogen-bond donors (Lipinski definition) is 2. The second-order valence-electron chi connectivity index (χ2n) is 4.93. The zero-order valence-corrected chi connectivity index (χ0v) is 9.26. The number of carbonyl (C=O) groups is 2. The molecule has 1 saturated heterocycles. The zero-order valence-electron chi connectivity index (χ0n) is 9.26. The van der Waals surface area contributed by atoms with Crippen LogP contribution in [-0.4, -0.2) is 40.5 Å². The maximum atomic E-state index is 11.8. The third-order valence-electron chi connectivity index (χ3n) is 3.59. The topological polar surface area (TPSA) is 83.6 Å². The van der Waals surface area contributed by atoms with Crippen LogP contribution in [0.1, 0.15) is 32.1 Å². The molecule has 2 bridgehead atoms. The minimum absolute atomic E-state index is 0.0241. The molecule has 0 spiro atoms. The number of rotatable bonds is 3. The predicted molar refractivity (Wildman–Crippen MR) is 57.7 cm³/mol. The Labute approximate surface area is 94.6 Å². The average Bonchev–Trinajstić information content (AvgIpc) is 2.50. The molecule has 3 N–H and O–H groups in total. The first kappa shape index (κ1) is 11.4. The number of nitrogens with zero attached hydrogens (tertiary/aromatic N) is 1. The minimum Gasteiger partial charge on any atom is -0.481 e. The molecular formula is C11H18N2O3. The van der Waals surface area contributed by atoms with Gasteiger partial charge < -0.3 is 15.7 Å². The number of fused-ring (bicyclic) bond motifs is 2. The summed E-state index contributed by atoms with van der Waals surface area (Å²) in [6.45, 7) is 0.775. The molecule has 1 saturated carbocycles. The summed E-state index contributed by atoms with van der Waals surface area (Å²) in [5, 5.41) is 8.54. The summed E-state index contributed by atoms with van der Waals surface area (Å²) >= 11 is 0. The Morgan fingerprint density at radius 2 is 2.00 bits per heavy atom. The van der Waals surface area contributed by atoms with Gasteiger partial charge in [0, 0.05) is 25.0 Å². The van der Waals surface area contributed by atoms with Crippen LogP contribution in [0.25, 0.3) is 0 Å². The average molecular weight is 226 g/mol. The van der Waals surface area contributed by atoms with E-state index in [9.17, 15) is 9.59 Å². The molecule has 1 aliphatic carbocycles. The molecule has 0 radical (unpaired) electrons. The lowest BCUT2D eigenvalue weighted by Crippen LogP contribution is -2.38. The Morgan fingerprint density at radius 3 is 2.69 bits per heavy atom. The molecule has 0 aromatic rings. The lowest BCUT2D eigenvalue weighted by Gasteiger charge is -2.27. The van der Waals surface area contributed by atoms with Crippen LogP contribution in [0.5, 0.6) is 0 Å². The predicted octanol–water partition coefficient (Wildman–Crippen LogP) is 0.189. The van der Waals surface area contributed by atoms with Crippen molar-refractivity contribution in [3.8, 4) is 0 Å². The molecule has 2 fully saturated rings. The molecule has 90 valence electrons. The van der Waals surface area contributed by atoms with Crippen LogP contribution in [0.4, 0.5) is 0 Å². The van der Waals surface area contributed by atoms with E-state index in [2.05, 4.69) is 0 Å². The Hall–Kier alpha value is -1.10. The molecule has 5 nitrogen and oxygen atoms in total. The molecule has 3 unspecified atom stereocenters. The largest absolute Gasteiger partial charge is 0.481 e. The molecule has 1 heterocycles. The van der Waals surface area contributed by atoms with E-state index in [1.807, 2.05) is 4.90 Å². The van der Waals surface area contributed by atoms with Crippen molar-refractivity contribution < 1.29 is 14.7 Å². The Bertz CT molecular complexity index is 306. The monoisotopic (exact) mass is 226 g/mol. The van der Waals surface area contributed by atoms with Crippen molar-refractivity contribution in [2.24, 2.45) is 11.7 Å². The van der Waals surface area contributed by atoms with E-state index in [1.54, 1.807) is 0 Å². The van der Waals surface area contributed by atoms with Gasteiger partial charge in [-0.25, -0.2) is 0 Å². The zero-order chi connectivity index (χ0) is 11.7. The highest BCUT2D eigenvalue weighted by atomic mass is 16.4. The van der Waals surface area contributed by atoms with Gasteiger partial charge in [0.2, 0.25) is 5.91 Å². The van der Waals surface area contributed by atoms with Gasteiger partial charge >= 0.3 is 5.97 Å². The summed E-state index contributed by atoms with van der Waals surface area (Å²) in [5.41, 5.74) is 5.91. The first-order valence-electron chi connectivity index (χ1n) is 5.83. The summed E-state index contributed by atoms with van der Waals surface area (Å²) in [4.78, 5) is 24.1. The minimum atomic E-state index is -0.910. The first-order valence-corrected chi connectivity index (χ1v) is 5.83. The van der Waals surface area contributed by atoms with Crippen LogP contribution >= 0.6 is 0 Å². The van der Waals surface area contributed by atoms with Crippen molar-refractivity contribution in [3.63, 3.8) is 0 Å². The number of carbonyl (C=O) groups excluding carboxylic acids is 1. The van der Waals surface area contributed by atoms with Gasteiger partial charge in [0.05, 0.1) is 6.42 Å². The number of hydrogen-bond acceptors (Lipinski definition) is 3. The number of carboxylic acid groups (broad SMARTS) is 1. The third kappa shape index (κ3) is 2.35. The van der Waals surface area contributed by atoms with Crippen molar-refractivity contribution in [2.75, 3.05) is 6.54 Å². The fourth-order valence-corrected chi connectivity index (χ4v) is 2.94. The van der Waals surface area contributed by atoms with Crippen LogP contribution in [0.3, 0.4) is 0 Å². The number of nitrogens with two attached hydrogens (primary N) is 1. The van der Waals surface area contributed by atoms with Gasteiger partial charge in [0.15, 0.2) is 0 Å². The van der Waals surface area contributed by atoms with Crippen LogP contribution in [0.2, 0.25) is 0 Å². The van der Waals surface area contributed by atoms with Gasteiger partial charge in [-0.15, -0.1) is 0 Å². The van der Waals surface area contributed by atoms with E-state index in [0.29, 0.717) is 5.92 Å². The van der Waals surface area contributed by atoms with E-state index in [4.69, 9.17) is 10.8 Å².